The van der Waals surface area contributed by atoms with Crippen molar-refractivity contribution in [1.82, 2.24) is 24.8 Å². The third kappa shape index (κ3) is 2.88. The van der Waals surface area contributed by atoms with E-state index in [1.165, 1.54) is 11.3 Å². The van der Waals surface area contributed by atoms with Crippen LogP contribution in [0.2, 0.25) is 0 Å². The number of aromatic amines is 1. The Morgan fingerprint density at radius 3 is 2.86 bits per heavy atom. The molecule has 5 rings (SSSR count). The number of pyridine rings is 1. The van der Waals surface area contributed by atoms with Crippen molar-refractivity contribution in [1.29, 1.82) is 0 Å². The van der Waals surface area contributed by atoms with Crippen LogP contribution in [0.25, 0.3) is 21.7 Å². The maximum absolute atomic E-state index is 13.3. The standard InChI is InChI=1S/C21H19N5OS/c1-13-18(28-20(23-13)16-9-4-5-11-22-16)21(27)26-12-6-10-17(26)19-24-14-7-2-3-8-15(14)25-19/h2-5,7-9,11,17H,6,10,12H2,1H3,(H,24,25). The quantitative estimate of drug-likeness (QED) is 0.565. The lowest BCUT2D eigenvalue weighted by atomic mass is 10.2. The molecule has 0 radical (unpaired) electrons. The fourth-order valence-corrected chi connectivity index (χ4v) is 4.75. The van der Waals surface area contributed by atoms with Gasteiger partial charge in [0.1, 0.15) is 15.7 Å². The number of aromatic nitrogens is 4. The zero-order valence-corrected chi connectivity index (χ0v) is 16.2. The number of aryl methyl sites for hydroxylation is 1. The SMILES string of the molecule is Cc1nc(-c2ccccn2)sc1C(=O)N1CCCC1c1nc2ccccc2[nH]1. The molecule has 4 heterocycles. The van der Waals surface area contributed by atoms with Crippen molar-refractivity contribution < 1.29 is 4.79 Å². The van der Waals surface area contributed by atoms with Crippen LogP contribution in [0.3, 0.4) is 0 Å². The van der Waals surface area contributed by atoms with Crippen LogP contribution >= 0.6 is 11.3 Å². The van der Waals surface area contributed by atoms with Gasteiger partial charge in [-0.25, -0.2) is 9.97 Å². The van der Waals surface area contributed by atoms with E-state index in [2.05, 4.69) is 15.0 Å². The summed E-state index contributed by atoms with van der Waals surface area (Å²) in [4.78, 5) is 33.0. The van der Waals surface area contributed by atoms with Crippen molar-refractivity contribution in [3.05, 3.63) is 65.1 Å². The zero-order chi connectivity index (χ0) is 19.1. The van der Waals surface area contributed by atoms with Crippen LogP contribution in [0.4, 0.5) is 0 Å². The molecule has 1 saturated heterocycles. The van der Waals surface area contributed by atoms with Crippen molar-refractivity contribution in [2.75, 3.05) is 6.54 Å². The van der Waals surface area contributed by atoms with E-state index >= 15 is 0 Å². The van der Waals surface area contributed by atoms with E-state index in [4.69, 9.17) is 4.98 Å². The molecule has 1 unspecified atom stereocenters. The predicted molar refractivity (Wildman–Crippen MR) is 109 cm³/mol. The third-order valence-electron chi connectivity index (χ3n) is 5.11. The molecule has 1 aliphatic rings. The smallest absolute Gasteiger partial charge is 0.266 e. The Bertz CT molecular complexity index is 1120. The first kappa shape index (κ1) is 17.1. The lowest BCUT2D eigenvalue weighted by Crippen LogP contribution is -2.31. The van der Waals surface area contributed by atoms with Gasteiger partial charge in [0.15, 0.2) is 0 Å². The van der Waals surface area contributed by atoms with Crippen molar-refractivity contribution >= 4 is 28.3 Å². The van der Waals surface area contributed by atoms with Crippen LogP contribution in [0.15, 0.2) is 48.7 Å². The van der Waals surface area contributed by atoms with Crippen molar-refractivity contribution in [2.45, 2.75) is 25.8 Å². The van der Waals surface area contributed by atoms with Crippen LogP contribution in [0.5, 0.6) is 0 Å². The number of likely N-dealkylation sites (tertiary alicyclic amines) is 1. The van der Waals surface area contributed by atoms with E-state index in [0.717, 1.165) is 52.6 Å². The Balaban J connectivity index is 1.47. The Labute approximate surface area is 166 Å². The summed E-state index contributed by atoms with van der Waals surface area (Å²) >= 11 is 1.41. The molecule has 4 aromatic rings. The van der Waals surface area contributed by atoms with Gasteiger partial charge in [-0.15, -0.1) is 11.3 Å². The van der Waals surface area contributed by atoms with Crippen LogP contribution in [-0.2, 0) is 0 Å². The Morgan fingerprint density at radius 1 is 1.18 bits per heavy atom. The van der Waals surface area contributed by atoms with Crippen LogP contribution < -0.4 is 0 Å². The molecule has 1 atom stereocenters. The van der Waals surface area contributed by atoms with Crippen LogP contribution in [0.1, 0.15) is 40.1 Å². The van der Waals surface area contributed by atoms with E-state index in [9.17, 15) is 4.79 Å². The summed E-state index contributed by atoms with van der Waals surface area (Å²) in [6.07, 6.45) is 3.63. The molecule has 1 fully saturated rings. The minimum atomic E-state index is -0.0281. The Kier molecular flexibility index (Phi) is 4.16. The average Bonchev–Trinajstić information content (AvgIpc) is 3.45. The molecule has 140 valence electrons. The number of H-pyrrole nitrogens is 1. The predicted octanol–water partition coefficient (Wildman–Crippen LogP) is 4.37. The number of carbonyl (C=O) groups is 1. The fourth-order valence-electron chi connectivity index (χ4n) is 3.75. The number of amides is 1. The van der Waals surface area contributed by atoms with Gasteiger partial charge in [0, 0.05) is 12.7 Å². The molecule has 0 saturated carbocycles. The summed E-state index contributed by atoms with van der Waals surface area (Å²) in [5.74, 6) is 0.888. The summed E-state index contributed by atoms with van der Waals surface area (Å²) in [5.41, 5.74) is 3.49. The second kappa shape index (κ2) is 6.83. The lowest BCUT2D eigenvalue weighted by Gasteiger charge is -2.22. The fraction of sp³-hybridized carbons (Fsp3) is 0.238. The molecule has 7 heteroatoms. The van der Waals surface area contributed by atoms with E-state index in [-0.39, 0.29) is 11.9 Å². The number of rotatable bonds is 3. The monoisotopic (exact) mass is 389 g/mol. The molecule has 0 spiro atoms. The highest BCUT2D eigenvalue weighted by atomic mass is 32.1. The molecular weight excluding hydrogens is 370 g/mol. The minimum absolute atomic E-state index is 0.0279. The summed E-state index contributed by atoms with van der Waals surface area (Å²) in [6.45, 7) is 2.62. The van der Waals surface area contributed by atoms with Gasteiger partial charge in [-0.1, -0.05) is 18.2 Å². The molecule has 0 aliphatic carbocycles. The second-order valence-corrected chi connectivity index (χ2v) is 7.94. The Morgan fingerprint density at radius 2 is 2.04 bits per heavy atom. The number of nitrogens with one attached hydrogen (secondary N) is 1. The van der Waals surface area contributed by atoms with Gasteiger partial charge in [0.2, 0.25) is 0 Å². The molecule has 1 aliphatic heterocycles. The molecule has 6 nitrogen and oxygen atoms in total. The molecule has 1 amide bonds. The van der Waals surface area contributed by atoms with Gasteiger partial charge in [-0.05, 0) is 44.0 Å². The maximum Gasteiger partial charge on any atom is 0.266 e. The largest absolute Gasteiger partial charge is 0.340 e. The van der Waals surface area contributed by atoms with Crippen molar-refractivity contribution in [3.63, 3.8) is 0 Å². The second-order valence-electron chi connectivity index (χ2n) is 6.94. The number of benzene rings is 1. The molecule has 1 N–H and O–H groups in total. The van der Waals surface area contributed by atoms with Gasteiger partial charge in [-0.3, -0.25) is 9.78 Å². The van der Waals surface area contributed by atoms with Gasteiger partial charge >= 0.3 is 0 Å². The summed E-state index contributed by atoms with van der Waals surface area (Å²) in [6, 6.07) is 13.7. The third-order valence-corrected chi connectivity index (χ3v) is 6.28. The Hall–Kier alpha value is -3.06. The van der Waals surface area contributed by atoms with Crippen LogP contribution in [0, 0.1) is 6.92 Å². The number of fused-ring (bicyclic) bond motifs is 1. The van der Waals surface area contributed by atoms with Crippen LogP contribution in [-0.4, -0.2) is 37.3 Å². The molecular formula is C21H19N5OS. The van der Waals surface area contributed by atoms with Crippen molar-refractivity contribution in [3.8, 4) is 10.7 Å². The number of hydrogen-bond donors (Lipinski definition) is 1. The van der Waals surface area contributed by atoms with E-state index in [1.54, 1.807) is 6.20 Å². The maximum atomic E-state index is 13.3. The first-order valence-electron chi connectivity index (χ1n) is 9.35. The van der Waals surface area contributed by atoms with E-state index in [1.807, 2.05) is 54.3 Å². The van der Waals surface area contributed by atoms with Gasteiger partial charge < -0.3 is 9.88 Å². The summed E-state index contributed by atoms with van der Waals surface area (Å²) in [7, 11) is 0. The zero-order valence-electron chi connectivity index (χ0n) is 15.4. The van der Waals surface area contributed by atoms with E-state index < -0.39 is 0 Å². The van der Waals surface area contributed by atoms with Gasteiger partial charge in [-0.2, -0.15) is 0 Å². The molecule has 28 heavy (non-hydrogen) atoms. The molecule has 3 aromatic heterocycles. The first-order chi connectivity index (χ1) is 13.7. The lowest BCUT2D eigenvalue weighted by molar-refractivity contribution is 0.0734. The topological polar surface area (TPSA) is 74.8 Å². The van der Waals surface area contributed by atoms with Crippen molar-refractivity contribution in [2.24, 2.45) is 0 Å². The number of para-hydroxylation sites is 2. The average molecular weight is 389 g/mol. The summed E-state index contributed by atoms with van der Waals surface area (Å²) in [5, 5.41) is 0.779. The number of hydrogen-bond acceptors (Lipinski definition) is 5. The molecule has 1 aromatic carbocycles. The normalized spacial score (nSPS) is 16.8. The first-order valence-corrected chi connectivity index (χ1v) is 10.2. The number of nitrogens with zero attached hydrogens (tertiary/aromatic N) is 4. The van der Waals surface area contributed by atoms with Gasteiger partial charge in [0.05, 0.1) is 28.5 Å². The highest BCUT2D eigenvalue weighted by molar-refractivity contribution is 7.17. The number of carbonyl (C=O) groups excluding carboxylic acids is 1. The highest BCUT2D eigenvalue weighted by Crippen LogP contribution is 2.35. The molecule has 0 bridgehead atoms. The van der Waals surface area contributed by atoms with Gasteiger partial charge in [0.25, 0.3) is 5.91 Å². The van der Waals surface area contributed by atoms with E-state index in [0.29, 0.717) is 4.88 Å². The minimum Gasteiger partial charge on any atom is -0.340 e. The summed E-state index contributed by atoms with van der Waals surface area (Å²) < 4.78 is 0. The number of imidazole rings is 1. The number of thiazole rings is 1. The highest BCUT2D eigenvalue weighted by Gasteiger charge is 2.34.